The summed E-state index contributed by atoms with van der Waals surface area (Å²) in [7, 11) is 0. The minimum Gasteiger partial charge on any atom is -0.357 e. The first-order chi connectivity index (χ1) is 11.8. The zero-order chi connectivity index (χ0) is 19.2. The van der Waals surface area contributed by atoms with E-state index in [0.717, 1.165) is 38.7 Å². The smallest absolute Gasteiger partial charge is 0.191 e. The lowest BCUT2D eigenvalue weighted by Gasteiger charge is -2.30. The van der Waals surface area contributed by atoms with Crippen LogP contribution in [-0.4, -0.2) is 73.2 Å². The van der Waals surface area contributed by atoms with Crippen LogP contribution in [0, 0.1) is 0 Å². The molecule has 0 radical (unpaired) electrons. The van der Waals surface area contributed by atoms with Gasteiger partial charge >= 0.3 is 0 Å². The van der Waals surface area contributed by atoms with Gasteiger partial charge in [0.25, 0.3) is 0 Å². The molecule has 0 aromatic heterocycles. The summed E-state index contributed by atoms with van der Waals surface area (Å²) in [5, 5.41) is 6.94. The van der Waals surface area contributed by atoms with Gasteiger partial charge in [-0.05, 0) is 74.0 Å². The molecule has 0 spiro atoms. The highest BCUT2D eigenvalue weighted by Crippen LogP contribution is 2.04. The molecule has 5 heteroatoms. The lowest BCUT2D eigenvalue weighted by atomic mass is 10.2. The van der Waals surface area contributed by atoms with Crippen molar-refractivity contribution in [1.29, 1.82) is 0 Å². The van der Waals surface area contributed by atoms with Crippen LogP contribution in [0.5, 0.6) is 0 Å². The summed E-state index contributed by atoms with van der Waals surface area (Å²) in [5.74, 6) is 0.949. The first-order valence-corrected chi connectivity index (χ1v) is 10.4. The van der Waals surface area contributed by atoms with Crippen molar-refractivity contribution in [1.82, 2.24) is 20.4 Å². The van der Waals surface area contributed by atoms with Gasteiger partial charge in [-0.1, -0.05) is 13.8 Å². The van der Waals surface area contributed by atoms with E-state index >= 15 is 0 Å². The van der Waals surface area contributed by atoms with Crippen LogP contribution >= 0.6 is 0 Å². The molecule has 0 bridgehead atoms. The van der Waals surface area contributed by atoms with E-state index in [0.29, 0.717) is 18.1 Å². The topological polar surface area (TPSA) is 42.9 Å². The Morgan fingerprint density at radius 1 is 0.920 bits per heavy atom. The summed E-state index contributed by atoms with van der Waals surface area (Å²) in [4.78, 5) is 9.75. The van der Waals surface area contributed by atoms with Crippen LogP contribution in [0.2, 0.25) is 0 Å². The zero-order valence-corrected chi connectivity index (χ0v) is 18.2. The minimum absolute atomic E-state index is 0.444. The zero-order valence-electron chi connectivity index (χ0n) is 18.2. The van der Waals surface area contributed by atoms with Crippen LogP contribution in [0.15, 0.2) is 4.99 Å². The van der Waals surface area contributed by atoms with Crippen LogP contribution in [0.1, 0.15) is 68.2 Å². The van der Waals surface area contributed by atoms with Crippen molar-refractivity contribution in [2.24, 2.45) is 4.99 Å². The molecule has 0 aliphatic rings. The second-order valence-corrected chi connectivity index (χ2v) is 7.40. The fourth-order valence-corrected chi connectivity index (χ4v) is 3.18. The molecule has 0 aliphatic heterocycles. The highest BCUT2D eigenvalue weighted by molar-refractivity contribution is 5.80. The molecular weight excluding hydrogens is 310 g/mol. The van der Waals surface area contributed by atoms with E-state index < -0.39 is 0 Å². The molecular formula is C20H45N5. The second-order valence-electron chi connectivity index (χ2n) is 7.40. The minimum atomic E-state index is 0.444. The summed E-state index contributed by atoms with van der Waals surface area (Å²) >= 11 is 0. The third-order valence-corrected chi connectivity index (χ3v) is 4.69. The van der Waals surface area contributed by atoms with Crippen molar-refractivity contribution in [2.45, 2.75) is 86.4 Å². The Labute approximate surface area is 157 Å². The SMILES string of the molecule is CCNC(=NCCN(C(C)C)C(C)C)NC(C)CCCN(CC)CC. The van der Waals surface area contributed by atoms with Crippen molar-refractivity contribution in [3.8, 4) is 0 Å². The molecule has 25 heavy (non-hydrogen) atoms. The number of nitrogens with zero attached hydrogens (tertiary/aromatic N) is 3. The van der Waals surface area contributed by atoms with Gasteiger partial charge in [0, 0.05) is 31.2 Å². The second kappa shape index (κ2) is 14.4. The number of guanidine groups is 1. The standard InChI is InChI=1S/C20H45N5/c1-9-21-20(22-14-16-25(17(4)5)18(6)7)23-19(8)13-12-15-24(10-2)11-3/h17-19H,9-16H2,1-8H3,(H2,21,22,23). The van der Waals surface area contributed by atoms with Gasteiger partial charge in [0.05, 0.1) is 6.54 Å². The van der Waals surface area contributed by atoms with Gasteiger partial charge in [-0.25, -0.2) is 0 Å². The van der Waals surface area contributed by atoms with Crippen LogP contribution < -0.4 is 10.6 Å². The van der Waals surface area contributed by atoms with Crippen molar-refractivity contribution in [2.75, 3.05) is 39.3 Å². The number of nitrogens with one attached hydrogen (secondary N) is 2. The van der Waals surface area contributed by atoms with Crippen molar-refractivity contribution in [3.05, 3.63) is 0 Å². The van der Waals surface area contributed by atoms with E-state index in [9.17, 15) is 0 Å². The molecule has 0 aromatic carbocycles. The third kappa shape index (κ3) is 11.4. The van der Waals surface area contributed by atoms with Gasteiger partial charge in [-0.2, -0.15) is 0 Å². The fraction of sp³-hybridized carbons (Fsp3) is 0.950. The maximum Gasteiger partial charge on any atom is 0.191 e. The highest BCUT2D eigenvalue weighted by atomic mass is 15.2. The first-order valence-electron chi connectivity index (χ1n) is 10.4. The van der Waals surface area contributed by atoms with Crippen molar-refractivity contribution in [3.63, 3.8) is 0 Å². The molecule has 5 nitrogen and oxygen atoms in total. The number of rotatable bonds is 13. The summed E-state index contributed by atoms with van der Waals surface area (Å²) in [5.41, 5.74) is 0. The average Bonchev–Trinajstić information content (AvgIpc) is 2.54. The molecule has 150 valence electrons. The van der Waals surface area contributed by atoms with Crippen LogP contribution in [-0.2, 0) is 0 Å². The lowest BCUT2D eigenvalue weighted by Crippen LogP contribution is -2.43. The number of hydrogen-bond donors (Lipinski definition) is 2. The molecule has 2 N–H and O–H groups in total. The van der Waals surface area contributed by atoms with Crippen molar-refractivity contribution >= 4 is 5.96 Å². The highest BCUT2D eigenvalue weighted by Gasteiger charge is 2.12. The van der Waals surface area contributed by atoms with E-state index in [1.165, 1.54) is 19.4 Å². The Balaban J connectivity index is 4.37. The molecule has 0 saturated heterocycles. The molecule has 0 aliphatic carbocycles. The molecule has 1 atom stereocenters. The first kappa shape index (κ1) is 24.2. The van der Waals surface area contributed by atoms with Crippen molar-refractivity contribution < 1.29 is 0 Å². The van der Waals surface area contributed by atoms with E-state index in [4.69, 9.17) is 4.99 Å². The largest absolute Gasteiger partial charge is 0.357 e. The monoisotopic (exact) mass is 355 g/mol. The van der Waals surface area contributed by atoms with E-state index in [2.05, 4.69) is 75.8 Å². The average molecular weight is 356 g/mol. The quantitative estimate of drug-likeness (QED) is 0.393. The molecule has 0 amide bonds. The predicted molar refractivity (Wildman–Crippen MR) is 113 cm³/mol. The Hall–Kier alpha value is -0.810. The molecule has 0 rings (SSSR count). The van der Waals surface area contributed by atoms with Crippen LogP contribution in [0.4, 0.5) is 0 Å². The third-order valence-electron chi connectivity index (χ3n) is 4.69. The molecule has 0 aromatic rings. The fourth-order valence-electron chi connectivity index (χ4n) is 3.18. The van der Waals surface area contributed by atoms with Gasteiger partial charge in [0.15, 0.2) is 5.96 Å². The van der Waals surface area contributed by atoms with Crippen LogP contribution in [0.25, 0.3) is 0 Å². The van der Waals surface area contributed by atoms with E-state index in [1.54, 1.807) is 0 Å². The summed E-state index contributed by atoms with van der Waals surface area (Å²) in [6.07, 6.45) is 2.40. The molecule has 0 saturated carbocycles. The summed E-state index contributed by atoms with van der Waals surface area (Å²) in [6, 6.07) is 1.56. The predicted octanol–water partition coefficient (Wildman–Crippen LogP) is 3.17. The Morgan fingerprint density at radius 3 is 2.00 bits per heavy atom. The van der Waals surface area contributed by atoms with Gasteiger partial charge in [-0.3, -0.25) is 9.89 Å². The molecule has 0 fully saturated rings. The van der Waals surface area contributed by atoms with E-state index in [-0.39, 0.29) is 0 Å². The van der Waals surface area contributed by atoms with Gasteiger partial charge in [0.2, 0.25) is 0 Å². The van der Waals surface area contributed by atoms with Gasteiger partial charge < -0.3 is 15.5 Å². The number of hydrogen-bond acceptors (Lipinski definition) is 3. The summed E-state index contributed by atoms with van der Waals surface area (Å²) in [6.45, 7) is 24.1. The Morgan fingerprint density at radius 2 is 1.52 bits per heavy atom. The maximum atomic E-state index is 4.78. The number of aliphatic imine (C=N–C) groups is 1. The molecule has 1 unspecified atom stereocenters. The Kier molecular flexibility index (Phi) is 13.9. The normalized spacial score (nSPS) is 14.0. The summed E-state index contributed by atoms with van der Waals surface area (Å²) < 4.78 is 0. The maximum absolute atomic E-state index is 4.78. The Bertz CT molecular complexity index is 329. The van der Waals surface area contributed by atoms with E-state index in [1.807, 2.05) is 0 Å². The van der Waals surface area contributed by atoms with Gasteiger partial charge in [-0.15, -0.1) is 0 Å². The van der Waals surface area contributed by atoms with Crippen LogP contribution in [0.3, 0.4) is 0 Å². The lowest BCUT2D eigenvalue weighted by molar-refractivity contribution is 0.181. The molecule has 0 heterocycles. The van der Waals surface area contributed by atoms with Gasteiger partial charge in [0.1, 0.15) is 0 Å².